The highest BCUT2D eigenvalue weighted by molar-refractivity contribution is 9.10. The summed E-state index contributed by atoms with van der Waals surface area (Å²) >= 11 is 3.42. The van der Waals surface area contributed by atoms with Crippen molar-refractivity contribution in [2.45, 2.75) is 31.2 Å². The molecule has 1 amide bonds. The largest absolute Gasteiger partial charge is 0.480 e. The van der Waals surface area contributed by atoms with E-state index in [1.807, 2.05) is 24.3 Å². The van der Waals surface area contributed by atoms with Gasteiger partial charge < -0.3 is 10.4 Å². The average molecular weight is 338 g/mol. The summed E-state index contributed by atoms with van der Waals surface area (Å²) in [6, 6.07) is 7.24. The third kappa shape index (κ3) is 2.87. The van der Waals surface area contributed by atoms with Crippen LogP contribution in [0.25, 0.3) is 0 Å². The van der Waals surface area contributed by atoms with Crippen molar-refractivity contribution >= 4 is 27.8 Å². The van der Waals surface area contributed by atoms with Crippen LogP contribution in [0.3, 0.4) is 0 Å². The zero-order chi connectivity index (χ0) is 14.3. The zero-order valence-corrected chi connectivity index (χ0v) is 12.5. The van der Waals surface area contributed by atoms with Crippen LogP contribution in [0.2, 0.25) is 0 Å². The van der Waals surface area contributed by atoms with Gasteiger partial charge in [0.05, 0.1) is 0 Å². The monoisotopic (exact) mass is 337 g/mol. The second-order valence-corrected chi connectivity index (χ2v) is 6.58. The molecule has 1 aromatic carbocycles. The molecule has 0 bridgehead atoms. The van der Waals surface area contributed by atoms with Crippen molar-refractivity contribution in [2.75, 3.05) is 0 Å². The Morgan fingerprint density at radius 2 is 2.10 bits per heavy atom. The van der Waals surface area contributed by atoms with Crippen LogP contribution in [0.1, 0.15) is 30.7 Å². The first-order valence-corrected chi connectivity index (χ1v) is 7.64. The van der Waals surface area contributed by atoms with Crippen LogP contribution < -0.4 is 5.32 Å². The minimum Gasteiger partial charge on any atom is -0.480 e. The smallest absolute Gasteiger partial charge is 0.326 e. The Balaban J connectivity index is 1.61. The van der Waals surface area contributed by atoms with E-state index < -0.39 is 12.0 Å². The number of carboxylic acid groups (broad SMARTS) is 1. The summed E-state index contributed by atoms with van der Waals surface area (Å²) in [5.41, 5.74) is 1.14. The molecule has 0 spiro atoms. The number of aliphatic carboxylic acids is 1. The van der Waals surface area contributed by atoms with E-state index in [9.17, 15) is 9.59 Å². The molecule has 3 rings (SSSR count). The van der Waals surface area contributed by atoms with Gasteiger partial charge in [0.1, 0.15) is 6.04 Å². The molecule has 3 atom stereocenters. The summed E-state index contributed by atoms with van der Waals surface area (Å²) in [7, 11) is 0. The van der Waals surface area contributed by atoms with E-state index in [4.69, 9.17) is 5.11 Å². The standard InChI is InChI=1S/C15H16BrNO3/c16-10-3-1-2-9(6-10)11-7-12(11)14(18)17-13(15(19)20)8-4-5-8/h1-3,6,8,11-13H,4-5,7H2,(H,17,18)(H,19,20). The lowest BCUT2D eigenvalue weighted by molar-refractivity contribution is -0.142. The maximum Gasteiger partial charge on any atom is 0.326 e. The van der Waals surface area contributed by atoms with E-state index in [0.717, 1.165) is 29.3 Å². The second kappa shape index (κ2) is 5.20. The van der Waals surface area contributed by atoms with Crippen molar-refractivity contribution in [3.8, 4) is 0 Å². The molecule has 0 saturated heterocycles. The number of halogens is 1. The highest BCUT2D eigenvalue weighted by Crippen LogP contribution is 2.48. The van der Waals surface area contributed by atoms with Crippen LogP contribution in [-0.4, -0.2) is 23.0 Å². The number of rotatable bonds is 5. The van der Waals surface area contributed by atoms with Crippen molar-refractivity contribution in [1.82, 2.24) is 5.32 Å². The van der Waals surface area contributed by atoms with Gasteiger partial charge in [-0.3, -0.25) is 4.79 Å². The molecule has 2 fully saturated rings. The summed E-state index contributed by atoms with van der Waals surface area (Å²) < 4.78 is 1.00. The number of carboxylic acids is 1. The lowest BCUT2D eigenvalue weighted by Crippen LogP contribution is -2.43. The van der Waals surface area contributed by atoms with Gasteiger partial charge >= 0.3 is 5.97 Å². The third-order valence-corrected chi connectivity index (χ3v) is 4.55. The first-order chi connectivity index (χ1) is 9.56. The predicted octanol–water partition coefficient (Wildman–Crippen LogP) is 2.53. The maximum absolute atomic E-state index is 12.1. The van der Waals surface area contributed by atoms with Crippen molar-refractivity contribution in [2.24, 2.45) is 11.8 Å². The van der Waals surface area contributed by atoms with Gasteiger partial charge in [-0.15, -0.1) is 0 Å². The molecule has 0 heterocycles. The number of benzene rings is 1. The predicted molar refractivity (Wildman–Crippen MR) is 77.3 cm³/mol. The Hall–Kier alpha value is -1.36. The Kier molecular flexibility index (Phi) is 3.54. The molecule has 0 aromatic heterocycles. The van der Waals surface area contributed by atoms with Crippen LogP contribution in [0.4, 0.5) is 0 Å². The van der Waals surface area contributed by atoms with E-state index >= 15 is 0 Å². The van der Waals surface area contributed by atoms with Gasteiger partial charge in [0.2, 0.25) is 5.91 Å². The van der Waals surface area contributed by atoms with Crippen molar-refractivity contribution < 1.29 is 14.7 Å². The summed E-state index contributed by atoms with van der Waals surface area (Å²) in [5, 5.41) is 11.8. The fourth-order valence-corrected chi connectivity index (χ4v) is 3.08. The van der Waals surface area contributed by atoms with E-state index in [0.29, 0.717) is 0 Å². The Morgan fingerprint density at radius 3 is 2.70 bits per heavy atom. The number of carbonyl (C=O) groups is 2. The number of amides is 1. The normalized spacial score (nSPS) is 25.9. The van der Waals surface area contributed by atoms with Crippen LogP contribution in [0.15, 0.2) is 28.7 Å². The second-order valence-electron chi connectivity index (χ2n) is 5.67. The van der Waals surface area contributed by atoms with Crippen LogP contribution in [0.5, 0.6) is 0 Å². The van der Waals surface area contributed by atoms with E-state index in [1.54, 1.807) is 0 Å². The molecule has 0 aliphatic heterocycles. The minimum absolute atomic E-state index is 0.0788. The molecular formula is C15H16BrNO3. The number of carbonyl (C=O) groups excluding carboxylic acids is 1. The van der Waals surface area contributed by atoms with Gasteiger partial charge in [-0.25, -0.2) is 4.79 Å². The third-order valence-electron chi connectivity index (χ3n) is 4.06. The molecule has 2 aliphatic rings. The SMILES string of the molecule is O=C(NC(C(=O)O)C1CC1)C1CC1c1cccc(Br)c1. The molecule has 2 aliphatic carbocycles. The Labute approximate surface area is 125 Å². The van der Waals surface area contributed by atoms with Crippen LogP contribution >= 0.6 is 15.9 Å². The molecule has 1 aromatic rings. The van der Waals surface area contributed by atoms with Crippen molar-refractivity contribution in [1.29, 1.82) is 0 Å². The maximum atomic E-state index is 12.1. The van der Waals surface area contributed by atoms with E-state index in [1.165, 1.54) is 0 Å². The summed E-state index contributed by atoms with van der Waals surface area (Å²) in [4.78, 5) is 23.3. The van der Waals surface area contributed by atoms with Gasteiger partial charge in [-0.1, -0.05) is 28.1 Å². The topological polar surface area (TPSA) is 66.4 Å². The molecule has 4 nitrogen and oxygen atoms in total. The lowest BCUT2D eigenvalue weighted by Gasteiger charge is -2.13. The fraction of sp³-hybridized carbons (Fsp3) is 0.467. The van der Waals surface area contributed by atoms with E-state index in [-0.39, 0.29) is 23.7 Å². The molecule has 106 valence electrons. The summed E-state index contributed by atoms with van der Waals surface area (Å²) in [6.07, 6.45) is 2.60. The highest BCUT2D eigenvalue weighted by atomic mass is 79.9. The molecule has 0 radical (unpaired) electrons. The highest BCUT2D eigenvalue weighted by Gasteiger charge is 2.46. The zero-order valence-electron chi connectivity index (χ0n) is 10.9. The van der Waals surface area contributed by atoms with Gasteiger partial charge in [0.25, 0.3) is 0 Å². The lowest BCUT2D eigenvalue weighted by atomic mass is 10.1. The van der Waals surface area contributed by atoms with E-state index in [2.05, 4.69) is 21.2 Å². The number of hydrogen-bond donors (Lipinski definition) is 2. The average Bonchev–Trinajstić information content (AvgIpc) is 3.27. The van der Waals surface area contributed by atoms with Crippen LogP contribution in [0, 0.1) is 11.8 Å². The summed E-state index contributed by atoms with van der Waals surface area (Å²) in [6.45, 7) is 0. The van der Waals surface area contributed by atoms with Gasteiger partial charge in [-0.2, -0.15) is 0 Å². The van der Waals surface area contributed by atoms with Crippen molar-refractivity contribution in [3.05, 3.63) is 34.3 Å². The van der Waals surface area contributed by atoms with Crippen LogP contribution in [-0.2, 0) is 9.59 Å². The van der Waals surface area contributed by atoms with Gasteiger partial charge in [-0.05, 0) is 48.8 Å². The molecule has 2 saturated carbocycles. The molecule has 2 N–H and O–H groups in total. The number of nitrogens with one attached hydrogen (secondary N) is 1. The van der Waals surface area contributed by atoms with Gasteiger partial charge in [0.15, 0.2) is 0 Å². The molecular weight excluding hydrogens is 322 g/mol. The molecule has 3 unspecified atom stereocenters. The summed E-state index contributed by atoms with van der Waals surface area (Å²) in [5.74, 6) is -0.764. The van der Waals surface area contributed by atoms with Gasteiger partial charge in [0, 0.05) is 10.4 Å². The Morgan fingerprint density at radius 1 is 1.35 bits per heavy atom. The minimum atomic E-state index is -0.916. The molecule has 5 heteroatoms. The first kappa shape index (κ1) is 13.6. The first-order valence-electron chi connectivity index (χ1n) is 6.85. The van der Waals surface area contributed by atoms with Crippen molar-refractivity contribution in [3.63, 3.8) is 0 Å². The quantitative estimate of drug-likeness (QED) is 0.867. The molecule has 20 heavy (non-hydrogen) atoms. The Bertz CT molecular complexity index is 556. The fourth-order valence-electron chi connectivity index (χ4n) is 2.66. The number of hydrogen-bond acceptors (Lipinski definition) is 2.